The summed E-state index contributed by atoms with van der Waals surface area (Å²) in [5, 5.41) is 0. The largest absolute Gasteiger partial charge is 0.0786 e. The zero-order chi connectivity index (χ0) is 13.8. The first kappa shape index (κ1) is 14.8. The fraction of sp³-hybridized carbons (Fsp3) is 0.294. The van der Waals surface area contributed by atoms with Crippen molar-refractivity contribution >= 4 is 31.9 Å². The fourth-order valence-corrected chi connectivity index (χ4v) is 2.99. The lowest BCUT2D eigenvalue weighted by Crippen LogP contribution is -1.96. The molecule has 0 aliphatic heterocycles. The van der Waals surface area contributed by atoms with Crippen LogP contribution in [0.1, 0.15) is 35.4 Å². The quantitative estimate of drug-likeness (QED) is 0.558. The van der Waals surface area contributed by atoms with Gasteiger partial charge in [-0.15, -0.1) is 0 Å². The minimum atomic E-state index is 0.258. The summed E-state index contributed by atoms with van der Waals surface area (Å²) >= 11 is 7.25. The molecule has 2 heteroatoms. The lowest BCUT2D eigenvalue weighted by atomic mass is 9.99. The highest BCUT2D eigenvalue weighted by Gasteiger charge is 2.10. The van der Waals surface area contributed by atoms with Crippen molar-refractivity contribution < 1.29 is 0 Å². The molecule has 0 saturated heterocycles. The zero-order valence-corrected chi connectivity index (χ0v) is 14.4. The summed E-state index contributed by atoms with van der Waals surface area (Å²) in [4.78, 5) is 0.258. The number of alkyl halides is 1. The van der Waals surface area contributed by atoms with Crippen molar-refractivity contribution in [1.82, 2.24) is 0 Å². The van der Waals surface area contributed by atoms with Gasteiger partial charge in [0.05, 0.1) is 4.83 Å². The highest BCUT2D eigenvalue weighted by atomic mass is 79.9. The van der Waals surface area contributed by atoms with E-state index in [0.717, 1.165) is 10.9 Å². The summed E-state index contributed by atoms with van der Waals surface area (Å²) in [6, 6.07) is 17.4. The van der Waals surface area contributed by atoms with E-state index in [0.29, 0.717) is 5.92 Å². The predicted molar refractivity (Wildman–Crippen MR) is 89.9 cm³/mol. The number of hydrogen-bond donors (Lipinski definition) is 0. The molecule has 2 aromatic rings. The molecule has 0 fully saturated rings. The van der Waals surface area contributed by atoms with Crippen LogP contribution in [0.3, 0.4) is 0 Å². The highest BCUT2D eigenvalue weighted by molar-refractivity contribution is 9.10. The summed E-state index contributed by atoms with van der Waals surface area (Å²) < 4.78 is 1.11. The maximum atomic E-state index is 3.78. The molecule has 0 heterocycles. The van der Waals surface area contributed by atoms with Crippen molar-refractivity contribution in [3.63, 3.8) is 0 Å². The van der Waals surface area contributed by atoms with Crippen LogP contribution in [0.5, 0.6) is 0 Å². The Morgan fingerprint density at radius 3 is 1.79 bits per heavy atom. The van der Waals surface area contributed by atoms with Crippen LogP contribution in [0.15, 0.2) is 53.0 Å². The average molecular weight is 382 g/mol. The molecular formula is C17H18Br2. The number of hydrogen-bond acceptors (Lipinski definition) is 0. The first-order valence-electron chi connectivity index (χ1n) is 6.54. The third-order valence-electron chi connectivity index (χ3n) is 3.08. The van der Waals surface area contributed by atoms with Gasteiger partial charge in [-0.3, -0.25) is 0 Å². The fourth-order valence-electron chi connectivity index (χ4n) is 2.12. The van der Waals surface area contributed by atoms with Crippen LogP contribution in [-0.2, 0) is 6.42 Å². The average Bonchev–Trinajstić information content (AvgIpc) is 2.39. The summed E-state index contributed by atoms with van der Waals surface area (Å²) in [5.41, 5.74) is 3.99. The van der Waals surface area contributed by atoms with Gasteiger partial charge in [-0.25, -0.2) is 0 Å². The third kappa shape index (κ3) is 4.19. The molecule has 19 heavy (non-hydrogen) atoms. The van der Waals surface area contributed by atoms with E-state index in [1.807, 2.05) is 0 Å². The molecule has 0 aliphatic carbocycles. The molecule has 0 N–H and O–H groups in total. The number of benzene rings is 2. The Morgan fingerprint density at radius 1 is 0.842 bits per heavy atom. The van der Waals surface area contributed by atoms with Gasteiger partial charge >= 0.3 is 0 Å². The molecule has 0 radical (unpaired) electrons. The Labute approximate surface area is 132 Å². The monoisotopic (exact) mass is 380 g/mol. The SMILES string of the molecule is CC(C)Cc1ccc(C(Br)c2ccc(Br)cc2)cc1. The second-order valence-corrected chi connectivity index (χ2v) is 7.09. The van der Waals surface area contributed by atoms with Crippen LogP contribution >= 0.6 is 31.9 Å². The smallest absolute Gasteiger partial charge is 0.0644 e. The van der Waals surface area contributed by atoms with Gasteiger partial charge in [-0.05, 0) is 41.2 Å². The summed E-state index contributed by atoms with van der Waals surface area (Å²) in [5.74, 6) is 0.706. The summed E-state index contributed by atoms with van der Waals surface area (Å²) in [7, 11) is 0. The number of halogens is 2. The second kappa shape index (κ2) is 6.71. The minimum absolute atomic E-state index is 0.258. The molecule has 1 atom stereocenters. The molecule has 0 aromatic heterocycles. The Kier molecular flexibility index (Phi) is 5.23. The molecular weight excluding hydrogens is 364 g/mol. The molecule has 2 rings (SSSR count). The van der Waals surface area contributed by atoms with E-state index >= 15 is 0 Å². The van der Waals surface area contributed by atoms with Gasteiger partial charge in [0.1, 0.15) is 0 Å². The van der Waals surface area contributed by atoms with Gasteiger partial charge in [0.2, 0.25) is 0 Å². The van der Waals surface area contributed by atoms with Gasteiger partial charge in [0.25, 0.3) is 0 Å². The van der Waals surface area contributed by atoms with Crippen LogP contribution in [0, 0.1) is 5.92 Å². The van der Waals surface area contributed by atoms with Crippen molar-refractivity contribution in [2.24, 2.45) is 5.92 Å². The van der Waals surface area contributed by atoms with E-state index in [-0.39, 0.29) is 4.83 Å². The second-order valence-electron chi connectivity index (χ2n) is 5.25. The molecule has 0 bridgehead atoms. The molecule has 1 unspecified atom stereocenters. The molecule has 100 valence electrons. The predicted octanol–water partition coefficient (Wildman–Crippen LogP) is 6.13. The van der Waals surface area contributed by atoms with Gasteiger partial charge in [-0.2, -0.15) is 0 Å². The van der Waals surface area contributed by atoms with Crippen molar-refractivity contribution in [2.45, 2.75) is 25.1 Å². The van der Waals surface area contributed by atoms with E-state index < -0.39 is 0 Å². The Hall–Kier alpha value is -0.600. The van der Waals surface area contributed by atoms with Crippen LogP contribution in [-0.4, -0.2) is 0 Å². The summed E-state index contributed by atoms with van der Waals surface area (Å²) in [6.07, 6.45) is 1.14. The molecule has 0 amide bonds. The lowest BCUT2D eigenvalue weighted by Gasteiger charge is -2.12. The molecule has 2 aromatic carbocycles. The minimum Gasteiger partial charge on any atom is -0.0786 e. The normalized spacial score (nSPS) is 12.7. The van der Waals surface area contributed by atoms with Gasteiger partial charge in [0, 0.05) is 4.47 Å². The number of rotatable bonds is 4. The van der Waals surface area contributed by atoms with Crippen LogP contribution in [0.25, 0.3) is 0 Å². The van der Waals surface area contributed by atoms with Crippen molar-refractivity contribution in [3.8, 4) is 0 Å². The molecule has 0 spiro atoms. The van der Waals surface area contributed by atoms with Gasteiger partial charge in [-0.1, -0.05) is 82.1 Å². The Morgan fingerprint density at radius 2 is 1.32 bits per heavy atom. The van der Waals surface area contributed by atoms with E-state index in [1.54, 1.807) is 0 Å². The molecule has 0 aliphatic rings. The van der Waals surface area contributed by atoms with Crippen molar-refractivity contribution in [1.29, 1.82) is 0 Å². The van der Waals surface area contributed by atoms with E-state index in [9.17, 15) is 0 Å². The lowest BCUT2D eigenvalue weighted by molar-refractivity contribution is 0.647. The van der Waals surface area contributed by atoms with E-state index in [1.165, 1.54) is 16.7 Å². The van der Waals surface area contributed by atoms with E-state index in [2.05, 4.69) is 94.2 Å². The molecule has 0 nitrogen and oxygen atoms in total. The van der Waals surface area contributed by atoms with Crippen molar-refractivity contribution in [2.75, 3.05) is 0 Å². The van der Waals surface area contributed by atoms with Crippen LogP contribution in [0.4, 0.5) is 0 Å². The maximum Gasteiger partial charge on any atom is 0.0644 e. The van der Waals surface area contributed by atoms with Crippen LogP contribution in [0.2, 0.25) is 0 Å². The Balaban J connectivity index is 2.15. The highest BCUT2D eigenvalue weighted by Crippen LogP contribution is 2.31. The third-order valence-corrected chi connectivity index (χ3v) is 4.66. The van der Waals surface area contributed by atoms with Gasteiger partial charge < -0.3 is 0 Å². The first-order valence-corrected chi connectivity index (χ1v) is 8.25. The summed E-state index contributed by atoms with van der Waals surface area (Å²) in [6.45, 7) is 4.51. The Bertz CT molecular complexity index is 512. The zero-order valence-electron chi connectivity index (χ0n) is 11.2. The topological polar surface area (TPSA) is 0 Å². The maximum absolute atomic E-state index is 3.78. The standard InChI is InChI=1S/C17H18Br2/c1-12(2)11-13-3-5-14(6-4-13)17(19)15-7-9-16(18)10-8-15/h3-10,12,17H,11H2,1-2H3. The molecule has 0 saturated carbocycles. The van der Waals surface area contributed by atoms with Gasteiger partial charge in [0.15, 0.2) is 0 Å². The van der Waals surface area contributed by atoms with Crippen molar-refractivity contribution in [3.05, 3.63) is 69.7 Å². The first-order chi connectivity index (χ1) is 9.06. The van der Waals surface area contributed by atoms with E-state index in [4.69, 9.17) is 0 Å². The van der Waals surface area contributed by atoms with Crippen LogP contribution < -0.4 is 0 Å².